The second-order valence-corrected chi connectivity index (χ2v) is 6.89. The van der Waals surface area contributed by atoms with E-state index >= 15 is 0 Å². The van der Waals surface area contributed by atoms with Crippen molar-refractivity contribution in [1.29, 1.82) is 0 Å². The van der Waals surface area contributed by atoms with Gasteiger partial charge < -0.3 is 15.2 Å². The number of anilines is 1. The number of nitrogens with one attached hydrogen (secondary N) is 1. The van der Waals surface area contributed by atoms with Gasteiger partial charge in [0.1, 0.15) is 0 Å². The zero-order valence-corrected chi connectivity index (χ0v) is 14.0. The molecule has 1 N–H and O–H groups in total. The molecule has 3 atom stereocenters. The van der Waals surface area contributed by atoms with E-state index in [1.54, 1.807) is 6.07 Å². The maximum Gasteiger partial charge on any atom is 0.0718 e. The van der Waals surface area contributed by atoms with Gasteiger partial charge in [-0.25, -0.2) is 0 Å². The quantitative estimate of drug-likeness (QED) is 0.846. The molecule has 0 unspecified atom stereocenters. The highest BCUT2D eigenvalue weighted by molar-refractivity contribution is 6.31. The molecule has 4 heteroatoms. The summed E-state index contributed by atoms with van der Waals surface area (Å²) in [5.74, 6) is -0.488. The second-order valence-electron chi connectivity index (χ2n) is 6.49. The van der Waals surface area contributed by atoms with E-state index in [1.807, 2.05) is 37.3 Å². The highest BCUT2D eigenvalue weighted by Gasteiger charge is 2.39. The van der Waals surface area contributed by atoms with E-state index in [0.717, 1.165) is 33.8 Å². The monoisotopic (exact) mass is 338 g/mol. The summed E-state index contributed by atoms with van der Waals surface area (Å²) in [5.41, 5.74) is 4.07. The first kappa shape index (κ1) is 15.3. The Morgan fingerprint density at radius 3 is 2.75 bits per heavy atom. The number of carboxylic acids is 1. The molecule has 0 spiro atoms. The molecule has 0 saturated carbocycles. The molecule has 24 heavy (non-hydrogen) atoms. The molecule has 2 aromatic carbocycles. The standard InChI is InChI=1S/C20H18ClNO2/c1-11-12(20(23)24)9-10-15-13-6-4-7-14(13)19(22-18(11)15)16-5-2-3-8-17(16)21/h2-6,8-10,13-14,19,22H,7H2,1H3,(H,23,24)/p-1/t13-,14+,19+/m0/s1. The Morgan fingerprint density at radius 1 is 1.21 bits per heavy atom. The molecule has 0 fully saturated rings. The summed E-state index contributed by atoms with van der Waals surface area (Å²) in [6.07, 6.45) is 5.42. The van der Waals surface area contributed by atoms with Gasteiger partial charge in [-0.05, 0) is 42.0 Å². The number of hydrogen-bond donors (Lipinski definition) is 1. The third-order valence-corrected chi connectivity index (χ3v) is 5.60. The summed E-state index contributed by atoms with van der Waals surface area (Å²) >= 11 is 6.43. The Bertz CT molecular complexity index is 859. The summed E-state index contributed by atoms with van der Waals surface area (Å²) in [7, 11) is 0. The topological polar surface area (TPSA) is 52.2 Å². The third-order valence-electron chi connectivity index (χ3n) is 5.26. The molecule has 0 radical (unpaired) electrons. The minimum atomic E-state index is -1.14. The first-order valence-corrected chi connectivity index (χ1v) is 8.48. The molecule has 0 aromatic heterocycles. The number of aromatic carboxylic acids is 1. The van der Waals surface area contributed by atoms with E-state index in [1.165, 1.54) is 0 Å². The Morgan fingerprint density at radius 2 is 2.00 bits per heavy atom. The number of rotatable bonds is 2. The highest BCUT2D eigenvalue weighted by atomic mass is 35.5. The van der Waals surface area contributed by atoms with Crippen molar-refractivity contribution in [2.75, 3.05) is 5.32 Å². The van der Waals surface area contributed by atoms with Crippen LogP contribution in [0.4, 0.5) is 5.69 Å². The fourth-order valence-electron chi connectivity index (χ4n) is 4.07. The van der Waals surface area contributed by atoms with Crippen LogP contribution < -0.4 is 10.4 Å². The number of hydrogen-bond acceptors (Lipinski definition) is 3. The summed E-state index contributed by atoms with van der Waals surface area (Å²) in [5, 5.41) is 15.7. The van der Waals surface area contributed by atoms with Crippen LogP contribution in [0.2, 0.25) is 5.02 Å². The Kier molecular flexibility index (Phi) is 3.61. The van der Waals surface area contributed by atoms with Gasteiger partial charge in [-0.1, -0.05) is 54.1 Å². The van der Waals surface area contributed by atoms with Crippen LogP contribution in [0.3, 0.4) is 0 Å². The molecule has 1 aliphatic carbocycles. The van der Waals surface area contributed by atoms with Crippen LogP contribution in [0.1, 0.15) is 45.4 Å². The predicted molar refractivity (Wildman–Crippen MR) is 93.3 cm³/mol. The van der Waals surface area contributed by atoms with Crippen LogP contribution in [0.15, 0.2) is 48.6 Å². The van der Waals surface area contributed by atoms with Crippen molar-refractivity contribution in [1.82, 2.24) is 0 Å². The van der Waals surface area contributed by atoms with Crippen LogP contribution in [0.5, 0.6) is 0 Å². The van der Waals surface area contributed by atoms with Crippen molar-refractivity contribution < 1.29 is 9.90 Å². The first-order valence-electron chi connectivity index (χ1n) is 8.10. The molecule has 4 rings (SSSR count). The summed E-state index contributed by atoms with van der Waals surface area (Å²) in [6, 6.07) is 11.5. The molecular formula is C20H17ClNO2-. The van der Waals surface area contributed by atoms with E-state index in [9.17, 15) is 9.90 Å². The molecular weight excluding hydrogens is 322 g/mol. The molecule has 1 aliphatic heterocycles. The van der Waals surface area contributed by atoms with Gasteiger partial charge in [-0.15, -0.1) is 0 Å². The van der Waals surface area contributed by atoms with Crippen LogP contribution >= 0.6 is 11.6 Å². The molecule has 0 bridgehead atoms. The molecule has 2 aliphatic rings. The number of carbonyl (C=O) groups is 1. The van der Waals surface area contributed by atoms with E-state index in [4.69, 9.17) is 11.6 Å². The smallest absolute Gasteiger partial charge is 0.0718 e. The van der Waals surface area contributed by atoms with Gasteiger partial charge in [-0.2, -0.15) is 0 Å². The highest BCUT2D eigenvalue weighted by Crippen LogP contribution is 2.51. The minimum Gasteiger partial charge on any atom is -0.545 e. The predicted octanol–water partition coefficient (Wildman–Crippen LogP) is 3.84. The maximum atomic E-state index is 11.4. The van der Waals surface area contributed by atoms with Crippen molar-refractivity contribution in [3.05, 3.63) is 75.8 Å². The van der Waals surface area contributed by atoms with Crippen molar-refractivity contribution in [2.45, 2.75) is 25.3 Å². The average Bonchev–Trinajstić information content (AvgIpc) is 3.05. The molecule has 0 amide bonds. The number of allylic oxidation sites excluding steroid dienone is 2. The van der Waals surface area contributed by atoms with E-state index in [2.05, 4.69) is 17.5 Å². The van der Waals surface area contributed by atoms with Crippen molar-refractivity contribution in [3.63, 3.8) is 0 Å². The van der Waals surface area contributed by atoms with E-state index < -0.39 is 5.97 Å². The number of halogens is 1. The summed E-state index contributed by atoms with van der Waals surface area (Å²) in [4.78, 5) is 11.4. The second kappa shape index (κ2) is 5.67. The van der Waals surface area contributed by atoms with Crippen molar-refractivity contribution in [2.24, 2.45) is 5.92 Å². The number of fused-ring (bicyclic) bond motifs is 3. The lowest BCUT2D eigenvalue weighted by Gasteiger charge is -2.39. The summed E-state index contributed by atoms with van der Waals surface area (Å²) in [6.45, 7) is 1.83. The van der Waals surface area contributed by atoms with Gasteiger partial charge in [0.25, 0.3) is 0 Å². The van der Waals surface area contributed by atoms with Crippen LogP contribution in [0, 0.1) is 12.8 Å². The SMILES string of the molecule is Cc1c(C(=O)[O-])ccc2c1N[C@@H](c1ccccc1Cl)[C@@H]1CC=C[C@H]21. The number of carboxylic acid groups (broad SMARTS) is 1. The van der Waals surface area contributed by atoms with E-state index in [0.29, 0.717) is 5.92 Å². The molecule has 1 heterocycles. The van der Waals surface area contributed by atoms with Gasteiger partial charge in [0, 0.05) is 22.2 Å². The first-order chi connectivity index (χ1) is 11.6. The zero-order chi connectivity index (χ0) is 16.8. The van der Waals surface area contributed by atoms with Gasteiger partial charge in [0.15, 0.2) is 0 Å². The lowest BCUT2D eigenvalue weighted by Crippen LogP contribution is -2.31. The molecule has 3 nitrogen and oxygen atoms in total. The van der Waals surface area contributed by atoms with Gasteiger partial charge in [0.2, 0.25) is 0 Å². The molecule has 0 saturated heterocycles. The largest absolute Gasteiger partial charge is 0.545 e. The summed E-state index contributed by atoms with van der Waals surface area (Å²) < 4.78 is 0. The van der Waals surface area contributed by atoms with Gasteiger partial charge in [-0.3, -0.25) is 0 Å². The Balaban J connectivity index is 1.87. The molecule has 2 aromatic rings. The van der Waals surface area contributed by atoms with Crippen molar-refractivity contribution in [3.8, 4) is 0 Å². The maximum absolute atomic E-state index is 11.4. The Hall–Kier alpha value is -2.26. The zero-order valence-electron chi connectivity index (χ0n) is 13.3. The van der Waals surface area contributed by atoms with Crippen LogP contribution in [-0.4, -0.2) is 5.97 Å². The minimum absolute atomic E-state index is 0.0573. The Labute approximate surface area is 146 Å². The third kappa shape index (κ3) is 2.23. The lowest BCUT2D eigenvalue weighted by atomic mass is 9.76. The van der Waals surface area contributed by atoms with Crippen LogP contribution in [-0.2, 0) is 0 Å². The number of benzene rings is 2. The van der Waals surface area contributed by atoms with Gasteiger partial charge >= 0.3 is 0 Å². The van der Waals surface area contributed by atoms with Crippen molar-refractivity contribution >= 4 is 23.3 Å². The van der Waals surface area contributed by atoms with Crippen LogP contribution in [0.25, 0.3) is 0 Å². The average molecular weight is 339 g/mol. The fraction of sp³-hybridized carbons (Fsp3) is 0.250. The van der Waals surface area contributed by atoms with Gasteiger partial charge in [0.05, 0.1) is 12.0 Å². The number of carbonyl (C=O) groups excluding carboxylic acids is 1. The fourth-order valence-corrected chi connectivity index (χ4v) is 4.32. The normalized spacial score (nSPS) is 24.2. The lowest BCUT2D eigenvalue weighted by molar-refractivity contribution is -0.255. The molecule has 122 valence electrons. The van der Waals surface area contributed by atoms with E-state index in [-0.39, 0.29) is 17.5 Å².